The van der Waals surface area contributed by atoms with E-state index >= 15 is 0 Å². The van der Waals surface area contributed by atoms with Crippen molar-refractivity contribution in [3.8, 4) is 17.2 Å². The highest BCUT2D eigenvalue weighted by Crippen LogP contribution is 2.24. The summed E-state index contributed by atoms with van der Waals surface area (Å²) in [7, 11) is 1.64. The van der Waals surface area contributed by atoms with Crippen LogP contribution in [0.5, 0.6) is 17.2 Å². The number of rotatable bonds is 8. The number of carbonyl (C=O) groups is 1. The maximum Gasteiger partial charge on any atom is 0.238 e. The zero-order chi connectivity index (χ0) is 19.8. The molecule has 1 atom stereocenters. The largest absolute Gasteiger partial charge is 0.496 e. The van der Waals surface area contributed by atoms with Gasteiger partial charge in [-0.05, 0) is 49.4 Å². The van der Waals surface area contributed by atoms with Gasteiger partial charge in [0.1, 0.15) is 17.2 Å². The average Bonchev–Trinajstić information content (AvgIpc) is 2.74. The second kappa shape index (κ2) is 9.58. The lowest BCUT2D eigenvalue weighted by Crippen LogP contribution is -2.30. The van der Waals surface area contributed by atoms with Gasteiger partial charge in [0.05, 0.1) is 13.7 Å². The van der Waals surface area contributed by atoms with Crippen molar-refractivity contribution in [1.82, 2.24) is 5.32 Å². The molecule has 28 heavy (non-hydrogen) atoms. The normalized spacial score (nSPS) is 11.5. The molecule has 3 rings (SSSR count). The van der Waals surface area contributed by atoms with Crippen LogP contribution in [0.4, 0.5) is 5.69 Å². The SMILES string of the molecule is COc1ccccc1[C@H](C)NCC(=O)Nc1ccc(Oc2ccccc2)cc1. The summed E-state index contributed by atoms with van der Waals surface area (Å²) in [5, 5.41) is 6.10. The molecule has 0 saturated carbocycles. The van der Waals surface area contributed by atoms with Crippen LogP contribution < -0.4 is 20.1 Å². The Morgan fingerprint density at radius 3 is 2.25 bits per heavy atom. The number of amides is 1. The van der Waals surface area contributed by atoms with Gasteiger partial charge >= 0.3 is 0 Å². The van der Waals surface area contributed by atoms with Gasteiger partial charge in [-0.2, -0.15) is 0 Å². The van der Waals surface area contributed by atoms with E-state index in [1.165, 1.54) is 0 Å². The number of hydrogen-bond acceptors (Lipinski definition) is 4. The molecule has 5 nitrogen and oxygen atoms in total. The average molecular weight is 376 g/mol. The monoisotopic (exact) mass is 376 g/mol. The van der Waals surface area contributed by atoms with Crippen molar-refractivity contribution in [1.29, 1.82) is 0 Å². The van der Waals surface area contributed by atoms with Crippen LogP contribution in [0.2, 0.25) is 0 Å². The van der Waals surface area contributed by atoms with Crippen LogP contribution in [0.25, 0.3) is 0 Å². The zero-order valence-electron chi connectivity index (χ0n) is 16.0. The molecule has 0 aliphatic heterocycles. The van der Waals surface area contributed by atoms with Crippen molar-refractivity contribution >= 4 is 11.6 Å². The molecule has 2 N–H and O–H groups in total. The number of para-hydroxylation sites is 2. The molecule has 0 aliphatic rings. The Morgan fingerprint density at radius 2 is 1.54 bits per heavy atom. The van der Waals surface area contributed by atoms with Gasteiger partial charge in [0, 0.05) is 17.3 Å². The first-order chi connectivity index (χ1) is 13.7. The van der Waals surface area contributed by atoms with Crippen LogP contribution >= 0.6 is 0 Å². The topological polar surface area (TPSA) is 59.6 Å². The van der Waals surface area contributed by atoms with Crippen molar-refractivity contribution in [2.45, 2.75) is 13.0 Å². The lowest BCUT2D eigenvalue weighted by molar-refractivity contribution is -0.115. The van der Waals surface area contributed by atoms with E-state index in [-0.39, 0.29) is 18.5 Å². The molecule has 144 valence electrons. The van der Waals surface area contributed by atoms with Gasteiger partial charge in [0.2, 0.25) is 5.91 Å². The molecule has 3 aromatic carbocycles. The van der Waals surface area contributed by atoms with E-state index in [0.29, 0.717) is 5.75 Å². The molecule has 0 saturated heterocycles. The van der Waals surface area contributed by atoms with Crippen LogP contribution in [0.15, 0.2) is 78.9 Å². The van der Waals surface area contributed by atoms with Gasteiger partial charge < -0.3 is 20.1 Å². The molecule has 5 heteroatoms. The number of ether oxygens (including phenoxy) is 2. The van der Waals surface area contributed by atoms with Gasteiger partial charge in [-0.15, -0.1) is 0 Å². The molecule has 0 bridgehead atoms. The predicted octanol–water partition coefficient (Wildman–Crippen LogP) is 4.78. The summed E-state index contributed by atoms with van der Waals surface area (Å²) < 4.78 is 11.1. The van der Waals surface area contributed by atoms with Gasteiger partial charge in [0.15, 0.2) is 0 Å². The predicted molar refractivity (Wildman–Crippen MR) is 111 cm³/mol. The standard InChI is InChI=1S/C23H24N2O3/c1-17(21-10-6-7-11-22(21)27-2)24-16-23(26)25-18-12-14-20(15-13-18)28-19-8-4-3-5-9-19/h3-15,17,24H,16H2,1-2H3,(H,25,26)/t17-/m0/s1. The van der Waals surface area contributed by atoms with Gasteiger partial charge in [-0.1, -0.05) is 36.4 Å². The maximum absolute atomic E-state index is 12.2. The fourth-order valence-electron chi connectivity index (χ4n) is 2.82. The fourth-order valence-corrected chi connectivity index (χ4v) is 2.82. The Morgan fingerprint density at radius 1 is 0.893 bits per heavy atom. The first-order valence-corrected chi connectivity index (χ1v) is 9.15. The third-order valence-electron chi connectivity index (χ3n) is 4.29. The minimum atomic E-state index is -0.113. The summed E-state index contributed by atoms with van der Waals surface area (Å²) in [6.45, 7) is 2.20. The molecule has 0 spiro atoms. The highest BCUT2D eigenvalue weighted by molar-refractivity contribution is 5.92. The Labute approximate surface area is 165 Å². The van der Waals surface area contributed by atoms with E-state index in [9.17, 15) is 4.79 Å². The fraction of sp³-hybridized carbons (Fsp3) is 0.174. The molecule has 0 radical (unpaired) electrons. The summed E-state index contributed by atoms with van der Waals surface area (Å²) >= 11 is 0. The van der Waals surface area contributed by atoms with E-state index < -0.39 is 0 Å². The number of hydrogen-bond donors (Lipinski definition) is 2. The number of benzene rings is 3. The third-order valence-corrected chi connectivity index (χ3v) is 4.29. The van der Waals surface area contributed by atoms with E-state index in [1.807, 2.05) is 85.8 Å². The van der Waals surface area contributed by atoms with E-state index in [2.05, 4.69) is 10.6 Å². The highest BCUT2D eigenvalue weighted by Gasteiger charge is 2.12. The highest BCUT2D eigenvalue weighted by atomic mass is 16.5. The Kier molecular flexibility index (Phi) is 6.65. The number of carbonyl (C=O) groups excluding carboxylic acids is 1. The first-order valence-electron chi connectivity index (χ1n) is 9.15. The summed E-state index contributed by atoms with van der Waals surface area (Å²) in [4.78, 5) is 12.2. The molecule has 1 amide bonds. The lowest BCUT2D eigenvalue weighted by Gasteiger charge is -2.17. The second-order valence-corrected chi connectivity index (χ2v) is 6.33. The van der Waals surface area contributed by atoms with Gasteiger partial charge in [0.25, 0.3) is 0 Å². The van der Waals surface area contributed by atoms with E-state index in [0.717, 1.165) is 22.7 Å². The summed E-state index contributed by atoms with van der Waals surface area (Å²) in [5.41, 5.74) is 1.73. The Hall–Kier alpha value is -3.31. The Bertz CT molecular complexity index is 895. The lowest BCUT2D eigenvalue weighted by atomic mass is 10.1. The molecule has 0 aliphatic carbocycles. The third kappa shape index (κ3) is 5.34. The van der Waals surface area contributed by atoms with Crippen molar-refractivity contribution in [3.05, 3.63) is 84.4 Å². The second-order valence-electron chi connectivity index (χ2n) is 6.33. The number of anilines is 1. The summed E-state index contributed by atoms with van der Waals surface area (Å²) in [6, 6.07) is 24.6. The first kappa shape index (κ1) is 19.5. The molecular weight excluding hydrogens is 352 g/mol. The van der Waals surface area contributed by atoms with Crippen LogP contribution in [0, 0.1) is 0 Å². The summed E-state index contributed by atoms with van der Waals surface area (Å²) in [6.07, 6.45) is 0. The van der Waals surface area contributed by atoms with Gasteiger partial charge in [-0.3, -0.25) is 4.79 Å². The minimum absolute atomic E-state index is 0.0106. The number of nitrogens with one attached hydrogen (secondary N) is 2. The van der Waals surface area contributed by atoms with Crippen molar-refractivity contribution in [2.75, 3.05) is 19.0 Å². The molecule has 3 aromatic rings. The van der Waals surface area contributed by atoms with Crippen LogP contribution in [-0.2, 0) is 4.79 Å². The van der Waals surface area contributed by atoms with Crippen molar-refractivity contribution < 1.29 is 14.3 Å². The van der Waals surface area contributed by atoms with Gasteiger partial charge in [-0.25, -0.2) is 0 Å². The number of methoxy groups -OCH3 is 1. The van der Waals surface area contributed by atoms with Crippen LogP contribution in [-0.4, -0.2) is 19.6 Å². The molecule has 0 unspecified atom stereocenters. The molecule has 0 heterocycles. The van der Waals surface area contributed by atoms with E-state index in [4.69, 9.17) is 9.47 Å². The van der Waals surface area contributed by atoms with Crippen molar-refractivity contribution in [2.24, 2.45) is 0 Å². The molecular formula is C23H24N2O3. The summed E-state index contributed by atoms with van der Waals surface area (Å²) in [5.74, 6) is 2.18. The maximum atomic E-state index is 12.2. The van der Waals surface area contributed by atoms with Crippen molar-refractivity contribution in [3.63, 3.8) is 0 Å². The zero-order valence-corrected chi connectivity index (χ0v) is 16.0. The van der Waals surface area contributed by atoms with E-state index in [1.54, 1.807) is 7.11 Å². The van der Waals surface area contributed by atoms with Crippen LogP contribution in [0.3, 0.4) is 0 Å². The van der Waals surface area contributed by atoms with Crippen LogP contribution in [0.1, 0.15) is 18.5 Å². The smallest absolute Gasteiger partial charge is 0.238 e. The molecule has 0 aromatic heterocycles. The minimum Gasteiger partial charge on any atom is -0.496 e. The quantitative estimate of drug-likeness (QED) is 0.594. The molecule has 0 fully saturated rings. The Balaban J connectivity index is 1.50.